The number of halogens is 1. The lowest BCUT2D eigenvalue weighted by Gasteiger charge is -2.04. The third kappa shape index (κ3) is 4.07. The van der Waals surface area contributed by atoms with E-state index < -0.39 is 9.84 Å². The van der Waals surface area contributed by atoms with Crippen LogP contribution >= 0.6 is 22.6 Å². The summed E-state index contributed by atoms with van der Waals surface area (Å²) in [7, 11) is -1.85. The van der Waals surface area contributed by atoms with Crippen molar-refractivity contribution in [3.05, 3.63) is 65.1 Å². The van der Waals surface area contributed by atoms with Gasteiger partial charge in [-0.3, -0.25) is 0 Å². The fourth-order valence-electron chi connectivity index (χ4n) is 1.75. The van der Waals surface area contributed by atoms with Crippen LogP contribution < -0.4 is 4.74 Å². The molecule has 21 heavy (non-hydrogen) atoms. The van der Waals surface area contributed by atoms with Crippen LogP contribution in [-0.2, 0) is 9.84 Å². The van der Waals surface area contributed by atoms with E-state index in [1.54, 1.807) is 43.5 Å². The maximum Gasteiger partial charge on any atom is 0.200 e. The molecule has 0 N–H and O–H groups in total. The molecule has 0 aliphatic heterocycles. The van der Waals surface area contributed by atoms with Gasteiger partial charge < -0.3 is 4.74 Å². The molecule has 0 atom stereocenters. The minimum Gasteiger partial charge on any atom is -0.497 e. The fraction of sp³-hybridized carbons (Fsp3) is 0.125. The van der Waals surface area contributed by atoms with Gasteiger partial charge in [0, 0.05) is 8.99 Å². The van der Waals surface area contributed by atoms with Crippen molar-refractivity contribution in [1.82, 2.24) is 0 Å². The molecular weight excluding hydrogens is 399 g/mol. The molecule has 0 fully saturated rings. The summed E-state index contributed by atoms with van der Waals surface area (Å²) in [4.78, 5) is 0.302. The standard InChI is InChI=1S/C16H15IO3S/c1-12-3-9-15(10-4-12)21(18,19)11-16(17)13-5-7-14(20-2)8-6-13/h3-11H,1-2H3/b16-11+. The Morgan fingerprint density at radius 2 is 1.62 bits per heavy atom. The van der Waals surface area contributed by atoms with Crippen molar-refractivity contribution in [2.24, 2.45) is 0 Å². The first-order valence-electron chi connectivity index (χ1n) is 6.26. The molecule has 0 bridgehead atoms. The summed E-state index contributed by atoms with van der Waals surface area (Å²) < 4.78 is 30.4. The first kappa shape index (κ1) is 16.0. The predicted molar refractivity (Wildman–Crippen MR) is 93.4 cm³/mol. The molecule has 0 aliphatic carbocycles. The molecule has 2 aromatic carbocycles. The number of hydrogen-bond acceptors (Lipinski definition) is 3. The van der Waals surface area contributed by atoms with Gasteiger partial charge in [0.2, 0.25) is 9.84 Å². The molecule has 0 spiro atoms. The monoisotopic (exact) mass is 414 g/mol. The molecule has 5 heteroatoms. The van der Waals surface area contributed by atoms with Crippen LogP contribution in [0.3, 0.4) is 0 Å². The zero-order valence-electron chi connectivity index (χ0n) is 11.7. The van der Waals surface area contributed by atoms with Gasteiger partial charge in [-0.05, 0) is 59.3 Å². The van der Waals surface area contributed by atoms with Gasteiger partial charge in [-0.2, -0.15) is 0 Å². The smallest absolute Gasteiger partial charge is 0.200 e. The maximum atomic E-state index is 12.3. The van der Waals surface area contributed by atoms with E-state index in [4.69, 9.17) is 4.74 Å². The molecule has 2 aromatic rings. The van der Waals surface area contributed by atoms with Crippen LogP contribution in [0.2, 0.25) is 0 Å². The lowest BCUT2D eigenvalue weighted by atomic mass is 10.2. The van der Waals surface area contributed by atoms with Crippen molar-refractivity contribution in [3.8, 4) is 5.75 Å². The quantitative estimate of drug-likeness (QED) is 0.705. The SMILES string of the molecule is COc1ccc(/C(I)=C\S(=O)(=O)c2ccc(C)cc2)cc1. The van der Waals surface area contributed by atoms with Crippen molar-refractivity contribution in [2.75, 3.05) is 7.11 Å². The van der Waals surface area contributed by atoms with Crippen molar-refractivity contribution >= 4 is 36.0 Å². The van der Waals surface area contributed by atoms with Crippen LogP contribution in [0.5, 0.6) is 5.75 Å². The Kier molecular flexibility index (Phi) is 5.05. The van der Waals surface area contributed by atoms with E-state index >= 15 is 0 Å². The van der Waals surface area contributed by atoms with Crippen LogP contribution in [-0.4, -0.2) is 15.5 Å². The number of aryl methyl sites for hydroxylation is 1. The summed E-state index contributed by atoms with van der Waals surface area (Å²) in [6, 6.07) is 14.1. The van der Waals surface area contributed by atoms with E-state index in [-0.39, 0.29) is 0 Å². The van der Waals surface area contributed by atoms with E-state index in [0.29, 0.717) is 8.48 Å². The Hall–Kier alpha value is -1.34. The van der Waals surface area contributed by atoms with Crippen molar-refractivity contribution in [2.45, 2.75) is 11.8 Å². The second-order valence-electron chi connectivity index (χ2n) is 4.55. The second kappa shape index (κ2) is 6.62. The first-order chi connectivity index (χ1) is 9.92. The number of ether oxygens (including phenoxy) is 1. The molecule has 0 unspecified atom stereocenters. The molecule has 0 amide bonds. The largest absolute Gasteiger partial charge is 0.497 e. The van der Waals surface area contributed by atoms with Crippen LogP contribution in [0.1, 0.15) is 11.1 Å². The highest BCUT2D eigenvalue weighted by atomic mass is 127. The van der Waals surface area contributed by atoms with Crippen molar-refractivity contribution in [1.29, 1.82) is 0 Å². The zero-order chi connectivity index (χ0) is 15.5. The molecule has 0 aliphatic rings. The Morgan fingerprint density at radius 3 is 2.14 bits per heavy atom. The van der Waals surface area contributed by atoms with Gasteiger partial charge in [0.1, 0.15) is 5.75 Å². The normalized spacial score (nSPS) is 12.2. The van der Waals surface area contributed by atoms with Gasteiger partial charge in [0.15, 0.2) is 0 Å². The zero-order valence-corrected chi connectivity index (χ0v) is 14.7. The van der Waals surface area contributed by atoms with E-state index in [2.05, 4.69) is 0 Å². The first-order valence-corrected chi connectivity index (χ1v) is 8.88. The molecule has 0 saturated carbocycles. The second-order valence-corrected chi connectivity index (χ2v) is 7.51. The van der Waals surface area contributed by atoms with Gasteiger partial charge in [0.25, 0.3) is 0 Å². The number of sulfone groups is 1. The third-order valence-corrected chi connectivity index (χ3v) is 5.81. The summed E-state index contributed by atoms with van der Waals surface area (Å²) in [6.07, 6.45) is 0. The summed E-state index contributed by atoms with van der Waals surface area (Å²) in [5, 5.41) is 1.29. The molecule has 0 heterocycles. The van der Waals surface area contributed by atoms with E-state index in [1.165, 1.54) is 5.41 Å². The average Bonchev–Trinajstić information content (AvgIpc) is 2.47. The summed E-state index contributed by atoms with van der Waals surface area (Å²) in [5.41, 5.74) is 1.87. The van der Waals surface area contributed by atoms with Crippen LogP contribution in [0, 0.1) is 6.92 Å². The highest BCUT2D eigenvalue weighted by Crippen LogP contribution is 2.27. The molecule has 3 nitrogen and oxygen atoms in total. The Morgan fingerprint density at radius 1 is 1.05 bits per heavy atom. The number of rotatable bonds is 4. The predicted octanol–water partition coefficient (Wildman–Crippen LogP) is 4.21. The minimum absolute atomic E-state index is 0.302. The summed E-state index contributed by atoms with van der Waals surface area (Å²) >= 11 is 2.03. The van der Waals surface area contributed by atoms with E-state index in [1.807, 2.05) is 41.6 Å². The van der Waals surface area contributed by atoms with Gasteiger partial charge in [-0.25, -0.2) is 8.42 Å². The highest BCUT2D eigenvalue weighted by molar-refractivity contribution is 14.1. The fourth-order valence-corrected chi connectivity index (χ4v) is 4.17. The van der Waals surface area contributed by atoms with Crippen LogP contribution in [0.25, 0.3) is 3.58 Å². The highest BCUT2D eigenvalue weighted by Gasteiger charge is 2.12. The van der Waals surface area contributed by atoms with Gasteiger partial charge in [0.05, 0.1) is 12.0 Å². The molecular formula is C16H15IO3S. The average molecular weight is 414 g/mol. The lowest BCUT2D eigenvalue weighted by molar-refractivity contribution is 0.415. The number of benzene rings is 2. The molecule has 0 radical (unpaired) electrons. The van der Waals surface area contributed by atoms with Crippen molar-refractivity contribution < 1.29 is 13.2 Å². The molecule has 110 valence electrons. The summed E-state index contributed by atoms with van der Waals surface area (Å²) in [5.74, 6) is 0.740. The minimum atomic E-state index is -3.44. The van der Waals surface area contributed by atoms with Crippen LogP contribution in [0.15, 0.2) is 58.8 Å². The Bertz CT molecular complexity index is 745. The van der Waals surface area contributed by atoms with Gasteiger partial charge in [-0.1, -0.05) is 29.8 Å². The Balaban J connectivity index is 2.33. The molecule has 2 rings (SSSR count). The van der Waals surface area contributed by atoms with Crippen LogP contribution in [0.4, 0.5) is 0 Å². The van der Waals surface area contributed by atoms with E-state index in [0.717, 1.165) is 16.9 Å². The van der Waals surface area contributed by atoms with Gasteiger partial charge in [-0.15, -0.1) is 0 Å². The topological polar surface area (TPSA) is 43.4 Å². The number of hydrogen-bond donors (Lipinski definition) is 0. The molecule has 0 aromatic heterocycles. The lowest BCUT2D eigenvalue weighted by Crippen LogP contribution is -1.97. The summed E-state index contributed by atoms with van der Waals surface area (Å²) in [6.45, 7) is 1.92. The maximum absolute atomic E-state index is 12.3. The molecule has 0 saturated heterocycles. The van der Waals surface area contributed by atoms with E-state index in [9.17, 15) is 8.42 Å². The van der Waals surface area contributed by atoms with Crippen molar-refractivity contribution in [3.63, 3.8) is 0 Å². The third-order valence-electron chi connectivity index (χ3n) is 2.97. The number of methoxy groups -OCH3 is 1. The Labute approximate surface area is 138 Å². The van der Waals surface area contributed by atoms with Gasteiger partial charge >= 0.3 is 0 Å².